The molecule has 2 atom stereocenters. The van der Waals surface area contributed by atoms with Gasteiger partial charge in [-0.1, -0.05) is 25.5 Å². The van der Waals surface area contributed by atoms with E-state index in [9.17, 15) is 13.2 Å². The van der Waals surface area contributed by atoms with Crippen LogP contribution in [-0.4, -0.2) is 39.6 Å². The van der Waals surface area contributed by atoms with Crippen molar-refractivity contribution in [3.63, 3.8) is 0 Å². The lowest BCUT2D eigenvalue weighted by molar-refractivity contribution is -0.119. The van der Waals surface area contributed by atoms with Crippen LogP contribution in [0.15, 0.2) is 28.6 Å². The second-order valence-electron chi connectivity index (χ2n) is 6.17. The smallest absolute Gasteiger partial charge is 0.311 e. The highest BCUT2D eigenvalue weighted by Crippen LogP contribution is 2.33. The minimum Gasteiger partial charge on any atom is -0.497 e. The van der Waals surface area contributed by atoms with Crippen molar-refractivity contribution in [3.8, 4) is 5.75 Å². The Labute approximate surface area is 167 Å². The third kappa shape index (κ3) is 8.96. The van der Waals surface area contributed by atoms with E-state index in [1.54, 1.807) is 14.2 Å². The molecular weight excluding hydrogens is 386 g/mol. The van der Waals surface area contributed by atoms with E-state index >= 15 is 0 Å². The second kappa shape index (κ2) is 12.4. The summed E-state index contributed by atoms with van der Waals surface area (Å²) in [5, 5.41) is 5.57. The standard InChI is InChI=1S/C11H14N2O2S.C7H13NO2S/c1-12-11(16)13-10(14)7-8-3-5-9(15-2)6-4-8;1-2-3-6-4-5-7(6)8-11(9)10/h3-6H,7H2,1-2H3,(H2,12,13,14,16);6-7H,2-5H2,1H3. The van der Waals surface area contributed by atoms with E-state index in [0.717, 1.165) is 37.0 Å². The third-order valence-corrected chi connectivity index (χ3v) is 5.01. The van der Waals surface area contributed by atoms with Crippen molar-refractivity contribution in [3.05, 3.63) is 29.8 Å². The van der Waals surface area contributed by atoms with Gasteiger partial charge in [-0.05, 0) is 55.1 Å². The molecule has 1 aromatic carbocycles. The maximum Gasteiger partial charge on any atom is 0.311 e. The normalized spacial score (nSPS) is 17.4. The number of amides is 1. The molecule has 1 fully saturated rings. The molecule has 1 saturated carbocycles. The molecule has 0 aliphatic heterocycles. The maximum atomic E-state index is 11.5. The van der Waals surface area contributed by atoms with E-state index in [2.05, 4.69) is 21.9 Å². The van der Waals surface area contributed by atoms with Crippen LogP contribution in [0.25, 0.3) is 0 Å². The first-order chi connectivity index (χ1) is 12.9. The summed E-state index contributed by atoms with van der Waals surface area (Å²) in [5.41, 5.74) is 0.914. The predicted octanol–water partition coefficient (Wildman–Crippen LogP) is 2.49. The summed E-state index contributed by atoms with van der Waals surface area (Å²) in [5.74, 6) is 1.18. The first kappa shape index (κ1) is 23.0. The Morgan fingerprint density at radius 1 is 1.30 bits per heavy atom. The first-order valence-electron chi connectivity index (χ1n) is 8.84. The summed E-state index contributed by atoms with van der Waals surface area (Å²) in [4.78, 5) is 11.5. The molecule has 0 aromatic heterocycles. The lowest BCUT2D eigenvalue weighted by Gasteiger charge is -2.31. The van der Waals surface area contributed by atoms with Crippen LogP contribution in [0.1, 0.15) is 38.2 Å². The van der Waals surface area contributed by atoms with Gasteiger partial charge in [0.2, 0.25) is 5.91 Å². The Morgan fingerprint density at radius 2 is 1.96 bits per heavy atom. The molecule has 2 unspecified atom stereocenters. The molecule has 0 bridgehead atoms. The zero-order valence-electron chi connectivity index (χ0n) is 15.9. The lowest BCUT2D eigenvalue weighted by atomic mass is 9.77. The summed E-state index contributed by atoms with van der Waals surface area (Å²) < 4.78 is 29.0. The summed E-state index contributed by atoms with van der Waals surface area (Å²) in [6.07, 6.45) is 4.65. The van der Waals surface area contributed by atoms with Gasteiger partial charge in [0, 0.05) is 7.05 Å². The summed E-state index contributed by atoms with van der Waals surface area (Å²) in [6.45, 7) is 2.11. The van der Waals surface area contributed by atoms with E-state index in [1.807, 2.05) is 24.3 Å². The third-order valence-electron chi connectivity index (χ3n) is 4.26. The topological polar surface area (TPSA) is 96.9 Å². The number of nitrogens with one attached hydrogen (secondary N) is 2. The molecule has 27 heavy (non-hydrogen) atoms. The van der Waals surface area contributed by atoms with Crippen LogP contribution in [0.4, 0.5) is 0 Å². The van der Waals surface area contributed by atoms with Gasteiger partial charge >= 0.3 is 10.5 Å². The molecule has 150 valence electrons. The van der Waals surface area contributed by atoms with Gasteiger partial charge in [-0.25, -0.2) is 0 Å². The van der Waals surface area contributed by atoms with Crippen LogP contribution in [0, 0.1) is 5.92 Å². The highest BCUT2D eigenvalue weighted by Gasteiger charge is 2.29. The molecule has 0 radical (unpaired) electrons. The number of benzene rings is 1. The van der Waals surface area contributed by atoms with E-state index in [4.69, 9.17) is 17.0 Å². The van der Waals surface area contributed by atoms with E-state index < -0.39 is 10.5 Å². The molecule has 1 aromatic rings. The number of ether oxygens (including phenoxy) is 1. The minimum absolute atomic E-state index is 0.105. The summed E-state index contributed by atoms with van der Waals surface area (Å²) >= 11 is 4.82. The molecule has 1 amide bonds. The van der Waals surface area contributed by atoms with Crippen LogP contribution in [0.5, 0.6) is 5.75 Å². The minimum atomic E-state index is -2.19. The molecule has 0 spiro atoms. The number of rotatable bonds is 6. The summed E-state index contributed by atoms with van der Waals surface area (Å²) in [7, 11) is 1.07. The highest BCUT2D eigenvalue weighted by molar-refractivity contribution is 7.80. The van der Waals surface area contributed by atoms with Crippen LogP contribution in [-0.2, 0) is 21.7 Å². The van der Waals surface area contributed by atoms with Crippen molar-refractivity contribution in [1.29, 1.82) is 0 Å². The number of carbonyl (C=O) groups excluding carboxylic acids is 1. The van der Waals surface area contributed by atoms with Gasteiger partial charge in [0.1, 0.15) is 5.75 Å². The van der Waals surface area contributed by atoms with Gasteiger partial charge in [0.15, 0.2) is 5.11 Å². The molecule has 2 rings (SSSR count). The average molecular weight is 414 g/mol. The Hall–Kier alpha value is -2.00. The first-order valence-corrected chi connectivity index (χ1v) is 10.3. The average Bonchev–Trinajstić information content (AvgIpc) is 2.64. The molecule has 9 heteroatoms. The lowest BCUT2D eigenvalue weighted by Crippen LogP contribution is -2.37. The van der Waals surface area contributed by atoms with Gasteiger partial charge in [-0.15, -0.1) is 0 Å². The Kier molecular flexibility index (Phi) is 10.6. The molecule has 0 saturated heterocycles. The largest absolute Gasteiger partial charge is 0.497 e. The molecule has 1 aliphatic carbocycles. The number of carbonyl (C=O) groups is 1. The number of thiocarbonyl (C=S) groups is 1. The number of hydrogen-bond acceptors (Lipinski definition) is 6. The fourth-order valence-corrected chi connectivity index (χ4v) is 3.28. The Bertz CT molecular complexity index is 740. The fourth-order valence-electron chi connectivity index (χ4n) is 2.67. The van der Waals surface area contributed by atoms with Crippen molar-refractivity contribution in [2.75, 3.05) is 14.2 Å². The monoisotopic (exact) mass is 413 g/mol. The van der Waals surface area contributed by atoms with Crippen molar-refractivity contribution >= 4 is 33.7 Å². The molecule has 1 aliphatic rings. The van der Waals surface area contributed by atoms with Crippen LogP contribution < -0.4 is 15.4 Å². The van der Waals surface area contributed by atoms with Crippen molar-refractivity contribution in [1.82, 2.24) is 10.6 Å². The second-order valence-corrected chi connectivity index (χ2v) is 7.22. The fraction of sp³-hybridized carbons (Fsp3) is 0.556. The predicted molar refractivity (Wildman–Crippen MR) is 109 cm³/mol. The highest BCUT2D eigenvalue weighted by atomic mass is 32.2. The summed E-state index contributed by atoms with van der Waals surface area (Å²) in [6, 6.07) is 7.44. The van der Waals surface area contributed by atoms with E-state index in [-0.39, 0.29) is 11.9 Å². The van der Waals surface area contributed by atoms with E-state index in [1.165, 1.54) is 0 Å². The van der Waals surface area contributed by atoms with E-state index in [0.29, 0.717) is 17.5 Å². The van der Waals surface area contributed by atoms with Crippen LogP contribution >= 0.6 is 12.2 Å². The Balaban J connectivity index is 0.000000289. The zero-order chi connectivity index (χ0) is 20.2. The number of hydrogen-bond donors (Lipinski definition) is 2. The van der Waals surface area contributed by atoms with Crippen molar-refractivity contribution in [2.45, 2.75) is 45.1 Å². The van der Waals surface area contributed by atoms with Crippen LogP contribution in [0.2, 0.25) is 0 Å². The number of nitrogens with zero attached hydrogens (tertiary/aromatic N) is 1. The molecular formula is C18H27N3O4S2. The molecule has 0 heterocycles. The van der Waals surface area contributed by atoms with Gasteiger partial charge in [0.05, 0.1) is 19.6 Å². The number of methoxy groups -OCH3 is 1. The van der Waals surface area contributed by atoms with Gasteiger partial charge < -0.3 is 15.4 Å². The maximum absolute atomic E-state index is 11.5. The Morgan fingerprint density at radius 3 is 2.41 bits per heavy atom. The van der Waals surface area contributed by atoms with Gasteiger partial charge in [0.25, 0.3) is 0 Å². The van der Waals surface area contributed by atoms with Crippen LogP contribution in [0.3, 0.4) is 0 Å². The van der Waals surface area contributed by atoms with Crippen molar-refractivity contribution in [2.24, 2.45) is 10.3 Å². The van der Waals surface area contributed by atoms with Crippen molar-refractivity contribution < 1.29 is 17.9 Å². The van der Waals surface area contributed by atoms with Gasteiger partial charge in [-0.3, -0.25) is 4.79 Å². The van der Waals surface area contributed by atoms with Gasteiger partial charge in [-0.2, -0.15) is 12.8 Å². The SMILES string of the molecule is CCCC1CCC1N=S(=O)=O.CNC(=S)NC(=O)Cc1ccc(OC)cc1. The quantitative estimate of drug-likeness (QED) is 0.696. The zero-order valence-corrected chi connectivity index (χ0v) is 17.5. The molecule has 7 nitrogen and oxygen atoms in total. The molecule has 2 N–H and O–H groups in total.